The highest BCUT2D eigenvalue weighted by Crippen LogP contribution is 2.25. The number of aromatic nitrogens is 4. The SMILES string of the molecule is O=C(Nc1nc2ccccc2n1-c1ccccc1)c1ccc2nc(C(F)F)[nH]c2c1. The maximum atomic E-state index is 12.9. The summed E-state index contributed by atoms with van der Waals surface area (Å²) in [5.41, 5.74) is 3.49. The van der Waals surface area contributed by atoms with E-state index in [-0.39, 0.29) is 0 Å². The maximum Gasteiger partial charge on any atom is 0.295 e. The number of carbonyl (C=O) groups excluding carboxylic acids is 1. The van der Waals surface area contributed by atoms with Crippen molar-refractivity contribution in [1.82, 2.24) is 19.5 Å². The molecular weight excluding hydrogens is 388 g/mol. The molecule has 6 nitrogen and oxygen atoms in total. The molecule has 0 unspecified atom stereocenters. The van der Waals surface area contributed by atoms with E-state index in [1.54, 1.807) is 6.07 Å². The van der Waals surface area contributed by atoms with E-state index in [1.165, 1.54) is 12.1 Å². The van der Waals surface area contributed by atoms with Gasteiger partial charge in [0.25, 0.3) is 12.3 Å². The molecule has 0 aliphatic carbocycles. The summed E-state index contributed by atoms with van der Waals surface area (Å²) in [4.78, 5) is 23.8. The summed E-state index contributed by atoms with van der Waals surface area (Å²) in [6, 6.07) is 21.7. The minimum absolute atomic E-state index is 0.304. The topological polar surface area (TPSA) is 75.6 Å². The lowest BCUT2D eigenvalue weighted by atomic mass is 10.2. The van der Waals surface area contributed by atoms with Crippen molar-refractivity contribution in [1.29, 1.82) is 0 Å². The van der Waals surface area contributed by atoms with Crippen molar-refractivity contribution in [3.05, 3.63) is 84.2 Å². The van der Waals surface area contributed by atoms with E-state index in [0.29, 0.717) is 22.5 Å². The van der Waals surface area contributed by atoms with E-state index < -0.39 is 18.2 Å². The predicted octanol–water partition coefficient (Wildman–Crippen LogP) is 5.09. The van der Waals surface area contributed by atoms with Crippen LogP contribution < -0.4 is 5.32 Å². The summed E-state index contributed by atoms with van der Waals surface area (Å²) in [7, 11) is 0. The lowest BCUT2D eigenvalue weighted by Gasteiger charge is -2.10. The molecule has 2 aromatic heterocycles. The number of halogens is 2. The molecule has 0 spiro atoms. The Labute approximate surface area is 169 Å². The van der Waals surface area contributed by atoms with E-state index >= 15 is 0 Å². The molecule has 0 atom stereocenters. The van der Waals surface area contributed by atoms with Crippen molar-refractivity contribution in [3.8, 4) is 5.69 Å². The summed E-state index contributed by atoms with van der Waals surface area (Å²) in [5, 5.41) is 2.84. The number of alkyl halides is 2. The van der Waals surface area contributed by atoms with Gasteiger partial charge in [-0.2, -0.15) is 0 Å². The number of rotatable bonds is 4. The number of H-pyrrole nitrogens is 1. The third kappa shape index (κ3) is 3.08. The fourth-order valence-electron chi connectivity index (χ4n) is 3.40. The van der Waals surface area contributed by atoms with Crippen molar-refractivity contribution in [2.75, 3.05) is 5.32 Å². The molecule has 3 aromatic carbocycles. The van der Waals surface area contributed by atoms with Crippen LogP contribution in [0.1, 0.15) is 22.6 Å². The summed E-state index contributed by atoms with van der Waals surface area (Å²) < 4.78 is 27.6. The van der Waals surface area contributed by atoms with Gasteiger partial charge in [0, 0.05) is 11.3 Å². The number of anilines is 1. The predicted molar refractivity (Wildman–Crippen MR) is 110 cm³/mol. The van der Waals surface area contributed by atoms with Gasteiger partial charge in [0.1, 0.15) is 0 Å². The van der Waals surface area contributed by atoms with E-state index in [9.17, 15) is 13.6 Å². The number of hydrogen-bond donors (Lipinski definition) is 2. The molecule has 0 aliphatic rings. The highest BCUT2D eigenvalue weighted by molar-refractivity contribution is 6.06. The van der Waals surface area contributed by atoms with E-state index in [1.807, 2.05) is 59.2 Å². The Hall–Kier alpha value is -4.07. The first-order valence-electron chi connectivity index (χ1n) is 9.22. The van der Waals surface area contributed by atoms with Crippen LogP contribution in [-0.2, 0) is 0 Å². The Morgan fingerprint density at radius 2 is 1.70 bits per heavy atom. The standard InChI is InChI=1S/C22H15F2N5O/c23-19(24)20-25-15-11-10-13(12-17(15)26-20)21(30)28-22-27-16-8-4-5-9-18(16)29(22)14-6-2-1-3-7-14/h1-12,19H,(H,25,26)(H,27,28,30). The number of carbonyl (C=O) groups is 1. The minimum atomic E-state index is -2.71. The van der Waals surface area contributed by atoms with Gasteiger partial charge in [0.2, 0.25) is 5.95 Å². The Balaban J connectivity index is 1.54. The van der Waals surface area contributed by atoms with Gasteiger partial charge in [-0.05, 0) is 42.5 Å². The molecule has 0 fully saturated rings. The monoisotopic (exact) mass is 403 g/mol. The van der Waals surface area contributed by atoms with Crippen LogP contribution in [0.4, 0.5) is 14.7 Å². The van der Waals surface area contributed by atoms with Gasteiger partial charge in [0.05, 0.1) is 22.1 Å². The molecule has 0 saturated carbocycles. The number of benzene rings is 3. The van der Waals surface area contributed by atoms with Gasteiger partial charge in [0.15, 0.2) is 5.82 Å². The van der Waals surface area contributed by atoms with E-state index in [0.717, 1.165) is 16.7 Å². The molecule has 0 saturated heterocycles. The number of fused-ring (bicyclic) bond motifs is 2. The molecule has 0 aliphatic heterocycles. The minimum Gasteiger partial charge on any atom is -0.337 e. The quantitative estimate of drug-likeness (QED) is 0.439. The number of nitrogens with one attached hydrogen (secondary N) is 2. The third-order valence-corrected chi connectivity index (χ3v) is 4.77. The molecule has 30 heavy (non-hydrogen) atoms. The molecule has 0 bridgehead atoms. The number of aromatic amines is 1. The van der Waals surface area contributed by atoms with Crippen LogP contribution in [0, 0.1) is 0 Å². The molecule has 5 rings (SSSR count). The lowest BCUT2D eigenvalue weighted by Crippen LogP contribution is -2.15. The van der Waals surface area contributed by atoms with Crippen molar-refractivity contribution < 1.29 is 13.6 Å². The van der Waals surface area contributed by atoms with Crippen molar-refractivity contribution in [2.24, 2.45) is 0 Å². The zero-order valence-corrected chi connectivity index (χ0v) is 15.5. The van der Waals surface area contributed by atoms with Gasteiger partial charge < -0.3 is 4.98 Å². The highest BCUT2D eigenvalue weighted by Gasteiger charge is 2.17. The number of hydrogen-bond acceptors (Lipinski definition) is 3. The lowest BCUT2D eigenvalue weighted by molar-refractivity contribution is 0.102. The molecule has 8 heteroatoms. The second kappa shape index (κ2) is 7.07. The van der Waals surface area contributed by atoms with Gasteiger partial charge in [-0.15, -0.1) is 0 Å². The first-order valence-corrected chi connectivity index (χ1v) is 9.22. The summed E-state index contributed by atoms with van der Waals surface area (Å²) in [6.07, 6.45) is -2.71. The van der Waals surface area contributed by atoms with Gasteiger partial charge in [-0.1, -0.05) is 30.3 Å². The van der Waals surface area contributed by atoms with Crippen LogP contribution in [0.25, 0.3) is 27.8 Å². The summed E-state index contributed by atoms with van der Waals surface area (Å²) in [6.45, 7) is 0. The molecule has 0 radical (unpaired) electrons. The van der Waals surface area contributed by atoms with Crippen LogP contribution in [0.2, 0.25) is 0 Å². The Morgan fingerprint density at radius 1 is 0.933 bits per heavy atom. The maximum absolute atomic E-state index is 12.9. The zero-order chi connectivity index (χ0) is 20.7. The van der Waals surface area contributed by atoms with Gasteiger partial charge in [-0.3, -0.25) is 14.7 Å². The largest absolute Gasteiger partial charge is 0.337 e. The first-order chi connectivity index (χ1) is 14.6. The average Bonchev–Trinajstić information content (AvgIpc) is 3.35. The van der Waals surface area contributed by atoms with Crippen molar-refractivity contribution in [3.63, 3.8) is 0 Å². The summed E-state index contributed by atoms with van der Waals surface area (Å²) in [5.74, 6) is -0.462. The van der Waals surface area contributed by atoms with Crippen LogP contribution in [0.5, 0.6) is 0 Å². The van der Waals surface area contributed by atoms with Crippen molar-refractivity contribution >= 4 is 33.9 Å². The van der Waals surface area contributed by atoms with Crippen molar-refractivity contribution in [2.45, 2.75) is 6.43 Å². The molecule has 148 valence electrons. The van der Waals surface area contributed by atoms with Crippen LogP contribution in [0.3, 0.4) is 0 Å². The Kier molecular flexibility index (Phi) is 4.24. The fourth-order valence-corrected chi connectivity index (χ4v) is 3.40. The van der Waals surface area contributed by atoms with Crippen LogP contribution in [-0.4, -0.2) is 25.4 Å². The van der Waals surface area contributed by atoms with Crippen LogP contribution >= 0.6 is 0 Å². The normalized spacial score (nSPS) is 11.4. The molecule has 2 heterocycles. The van der Waals surface area contributed by atoms with E-state index in [4.69, 9.17) is 0 Å². The Morgan fingerprint density at radius 3 is 2.50 bits per heavy atom. The third-order valence-electron chi connectivity index (χ3n) is 4.77. The summed E-state index contributed by atoms with van der Waals surface area (Å²) >= 11 is 0. The Bertz CT molecular complexity index is 1370. The number of imidazole rings is 2. The van der Waals surface area contributed by atoms with Gasteiger partial charge >= 0.3 is 0 Å². The zero-order valence-electron chi connectivity index (χ0n) is 15.5. The second-order valence-electron chi connectivity index (χ2n) is 6.70. The fraction of sp³-hybridized carbons (Fsp3) is 0.0455. The molecule has 2 N–H and O–H groups in total. The van der Waals surface area contributed by atoms with Gasteiger partial charge in [-0.25, -0.2) is 18.7 Å². The molecular formula is C22H15F2N5O. The van der Waals surface area contributed by atoms with Crippen LogP contribution in [0.15, 0.2) is 72.8 Å². The number of nitrogens with zero attached hydrogens (tertiary/aromatic N) is 3. The van der Waals surface area contributed by atoms with E-state index in [2.05, 4.69) is 20.3 Å². The molecule has 5 aromatic rings. The highest BCUT2D eigenvalue weighted by atomic mass is 19.3. The molecule has 1 amide bonds. The number of para-hydroxylation sites is 3. The first kappa shape index (κ1) is 18.0. The second-order valence-corrected chi connectivity index (χ2v) is 6.70. The average molecular weight is 403 g/mol. The number of amides is 1. The smallest absolute Gasteiger partial charge is 0.295 e.